The van der Waals surface area contributed by atoms with Gasteiger partial charge < -0.3 is 0 Å². The summed E-state index contributed by atoms with van der Waals surface area (Å²) in [6, 6.07) is 31.8. The van der Waals surface area contributed by atoms with Crippen LogP contribution in [0.15, 0.2) is 79.0 Å². The lowest BCUT2D eigenvalue weighted by atomic mass is 9.97. The van der Waals surface area contributed by atoms with Gasteiger partial charge in [-0.3, -0.25) is 4.98 Å². The maximum absolute atomic E-state index is 4.60. The summed E-state index contributed by atoms with van der Waals surface area (Å²) < 4.78 is 0. The lowest BCUT2D eigenvalue weighted by Crippen LogP contribution is -1.86. The highest BCUT2D eigenvalue weighted by atomic mass is 14.7. The highest BCUT2D eigenvalue weighted by molar-refractivity contribution is 6.17. The van der Waals surface area contributed by atoms with Crippen molar-refractivity contribution >= 4 is 32.3 Å². The molecule has 0 unspecified atom stereocenters. The Morgan fingerprint density at radius 3 is 2.25 bits per heavy atom. The first kappa shape index (κ1) is 13.1. The van der Waals surface area contributed by atoms with Gasteiger partial charge in [-0.25, -0.2) is 0 Å². The fourth-order valence-corrected chi connectivity index (χ4v) is 3.38. The molecule has 0 bridgehead atoms. The molecule has 0 radical (unpaired) electrons. The van der Waals surface area contributed by atoms with Crippen LogP contribution in [0.4, 0.5) is 0 Å². The van der Waals surface area contributed by atoms with Gasteiger partial charge in [-0.05, 0) is 22.2 Å². The van der Waals surface area contributed by atoms with E-state index in [1.165, 1.54) is 21.5 Å². The highest BCUT2D eigenvalue weighted by Gasteiger charge is 2.09. The van der Waals surface area contributed by atoms with Crippen LogP contribution < -0.4 is 0 Å². The van der Waals surface area contributed by atoms with Crippen LogP contribution in [-0.4, -0.2) is 4.98 Å². The van der Waals surface area contributed by atoms with Gasteiger partial charge in [0.15, 0.2) is 0 Å². The lowest BCUT2D eigenvalue weighted by molar-refractivity contribution is 1.36. The van der Waals surface area contributed by atoms with Crippen molar-refractivity contribution in [2.75, 3.05) is 0 Å². The second kappa shape index (κ2) is 5.08. The molecule has 5 aromatic rings. The number of hydrogen-bond donors (Lipinski definition) is 0. The van der Waals surface area contributed by atoms with Gasteiger partial charge in [0, 0.05) is 22.5 Å². The minimum atomic E-state index is 0.958. The van der Waals surface area contributed by atoms with E-state index in [-0.39, 0.29) is 0 Å². The number of aromatic nitrogens is 1. The molecule has 110 valence electrons. The zero-order valence-corrected chi connectivity index (χ0v) is 13.0. The molecule has 0 saturated carbocycles. The summed E-state index contributed by atoms with van der Waals surface area (Å²) in [5.74, 6) is 0. The van der Waals surface area contributed by atoms with E-state index < -0.39 is 0 Å². The molecule has 0 N–H and O–H groups in total. The Morgan fingerprint density at radius 2 is 1.33 bits per heavy atom. The molecule has 1 aromatic heterocycles. The number of pyridine rings is 1. The third-order valence-corrected chi connectivity index (χ3v) is 4.53. The summed E-state index contributed by atoms with van der Waals surface area (Å²) >= 11 is 0. The molecule has 0 fully saturated rings. The van der Waals surface area contributed by atoms with Gasteiger partial charge in [0.2, 0.25) is 0 Å². The molecule has 1 heteroatoms. The van der Waals surface area contributed by atoms with Crippen LogP contribution in [0.3, 0.4) is 0 Å². The first-order chi connectivity index (χ1) is 11.9. The fraction of sp³-hybridized carbons (Fsp3) is 0. The minimum Gasteiger partial charge on any atom is -0.255 e. The van der Waals surface area contributed by atoms with Gasteiger partial charge in [0.25, 0.3) is 0 Å². The van der Waals surface area contributed by atoms with Crippen molar-refractivity contribution in [2.24, 2.45) is 0 Å². The van der Waals surface area contributed by atoms with Crippen molar-refractivity contribution in [3.63, 3.8) is 0 Å². The van der Waals surface area contributed by atoms with Gasteiger partial charge in [-0.2, -0.15) is 0 Å². The molecule has 4 aromatic carbocycles. The average Bonchev–Trinajstić information content (AvgIpc) is 2.67. The van der Waals surface area contributed by atoms with E-state index in [0.717, 1.165) is 22.0 Å². The van der Waals surface area contributed by atoms with Gasteiger partial charge >= 0.3 is 0 Å². The topological polar surface area (TPSA) is 12.9 Å². The molecule has 1 nitrogen and oxygen atoms in total. The van der Waals surface area contributed by atoms with Gasteiger partial charge in [-0.1, -0.05) is 78.9 Å². The summed E-state index contributed by atoms with van der Waals surface area (Å²) in [5, 5.41) is 6.94. The summed E-state index contributed by atoms with van der Waals surface area (Å²) in [6.45, 7) is 0. The van der Waals surface area contributed by atoms with Crippen LogP contribution in [-0.2, 0) is 0 Å². The largest absolute Gasteiger partial charge is 0.255 e. The van der Waals surface area contributed by atoms with Crippen molar-refractivity contribution in [1.82, 2.24) is 4.98 Å². The third-order valence-electron chi connectivity index (χ3n) is 4.53. The molecule has 5 rings (SSSR count). The van der Waals surface area contributed by atoms with Crippen molar-refractivity contribution < 1.29 is 0 Å². The monoisotopic (exact) mass is 303 g/mol. The van der Waals surface area contributed by atoms with E-state index in [1.54, 1.807) is 0 Å². The Hall–Kier alpha value is -3.37. The van der Waals surface area contributed by atoms with E-state index in [2.05, 4.69) is 71.7 Å². The standard InChI is InChI=1S/C23H13N/c1-2-7-17(8-3-1)23-22-13-12-19-18-9-5-4-6-16(18)10-11-20(19)21(22)14-15-24-23/h1-11,14-15H. The molecule has 0 aliphatic carbocycles. The summed E-state index contributed by atoms with van der Waals surface area (Å²) in [7, 11) is 0. The van der Waals surface area contributed by atoms with Crippen LogP contribution in [0.1, 0.15) is 0 Å². The van der Waals surface area contributed by atoms with E-state index in [4.69, 9.17) is 0 Å². The van der Waals surface area contributed by atoms with Crippen molar-refractivity contribution in [2.45, 2.75) is 0 Å². The smallest absolute Gasteiger partial charge is 0.0864 e. The van der Waals surface area contributed by atoms with E-state index in [1.807, 2.05) is 24.4 Å². The number of fused-ring (bicyclic) bond motifs is 5. The molecule has 0 saturated heterocycles. The summed E-state index contributed by atoms with van der Waals surface area (Å²) in [4.78, 5) is 4.60. The predicted octanol–water partition coefficient (Wildman–Crippen LogP) is 5.81. The molecule has 1 heterocycles. The first-order valence-electron chi connectivity index (χ1n) is 8.00. The molecule has 0 aliphatic heterocycles. The minimum absolute atomic E-state index is 0.958. The summed E-state index contributed by atoms with van der Waals surface area (Å²) in [6.07, 6.45) is 1.88. The second-order valence-corrected chi connectivity index (χ2v) is 5.91. The maximum atomic E-state index is 4.60. The van der Waals surface area contributed by atoms with Gasteiger partial charge in [0.05, 0.1) is 11.1 Å². The number of hydrogen-bond acceptors (Lipinski definition) is 1. The van der Waals surface area contributed by atoms with E-state index in [9.17, 15) is 0 Å². The zero-order valence-electron chi connectivity index (χ0n) is 13.0. The normalized spacial score (nSPS) is 11.0. The maximum Gasteiger partial charge on any atom is 0.0864 e. The van der Waals surface area contributed by atoms with Crippen molar-refractivity contribution in [3.05, 3.63) is 91.1 Å². The number of benzene rings is 3. The van der Waals surface area contributed by atoms with Crippen molar-refractivity contribution in [1.29, 1.82) is 0 Å². The van der Waals surface area contributed by atoms with Crippen LogP contribution >= 0.6 is 0 Å². The van der Waals surface area contributed by atoms with Gasteiger partial charge in [0.1, 0.15) is 0 Å². The van der Waals surface area contributed by atoms with Crippen LogP contribution in [0.2, 0.25) is 0 Å². The zero-order chi connectivity index (χ0) is 15.9. The molecule has 0 aliphatic rings. The summed E-state index contributed by atoms with van der Waals surface area (Å²) in [5.41, 5.74) is 2.06. The van der Waals surface area contributed by atoms with Crippen LogP contribution in [0, 0.1) is 12.1 Å². The SMILES string of the molecule is c1c2c(-c3ccccc3)nccc2c2ccc3ccccc3c2c#1. The number of nitrogens with zero attached hydrogens (tertiary/aromatic N) is 1. The average molecular weight is 303 g/mol. The van der Waals surface area contributed by atoms with Crippen LogP contribution in [0.25, 0.3) is 43.6 Å². The highest BCUT2D eigenvalue weighted by Crippen LogP contribution is 2.32. The molecular formula is C23H13N. The molecular weight excluding hydrogens is 290 g/mol. The molecule has 24 heavy (non-hydrogen) atoms. The molecule has 0 amide bonds. The Morgan fingerprint density at radius 1 is 0.583 bits per heavy atom. The fourth-order valence-electron chi connectivity index (χ4n) is 3.38. The Balaban J connectivity index is 1.91. The molecule has 0 spiro atoms. The van der Waals surface area contributed by atoms with E-state index >= 15 is 0 Å². The molecule has 0 atom stereocenters. The van der Waals surface area contributed by atoms with Crippen molar-refractivity contribution in [3.8, 4) is 11.3 Å². The van der Waals surface area contributed by atoms with Crippen LogP contribution in [0.5, 0.6) is 0 Å². The number of rotatable bonds is 1. The predicted molar refractivity (Wildman–Crippen MR) is 99.9 cm³/mol. The third kappa shape index (κ3) is 1.87. The Labute approximate surface area is 140 Å². The quantitative estimate of drug-likeness (QED) is 0.381. The Bertz CT molecular complexity index is 1190. The Kier molecular flexibility index (Phi) is 2.77. The second-order valence-electron chi connectivity index (χ2n) is 5.91. The van der Waals surface area contributed by atoms with Gasteiger partial charge in [-0.15, -0.1) is 0 Å². The van der Waals surface area contributed by atoms with E-state index in [0.29, 0.717) is 0 Å². The first-order valence-corrected chi connectivity index (χ1v) is 8.00. The lowest BCUT2D eigenvalue weighted by Gasteiger charge is -2.07.